The molecule has 116 valence electrons. The van der Waals surface area contributed by atoms with Gasteiger partial charge in [-0.2, -0.15) is 0 Å². The zero-order valence-corrected chi connectivity index (χ0v) is 13.2. The van der Waals surface area contributed by atoms with Crippen LogP contribution in [0.15, 0.2) is 0 Å². The van der Waals surface area contributed by atoms with Crippen LogP contribution in [-0.4, -0.2) is 44.7 Å². The molecule has 1 fully saturated rings. The topological polar surface area (TPSA) is 58.4 Å². The fourth-order valence-electron chi connectivity index (χ4n) is 3.70. The molecule has 0 aliphatic carbocycles. The maximum absolute atomic E-state index is 11.5. The third-order valence-electron chi connectivity index (χ3n) is 4.99. The van der Waals surface area contributed by atoms with E-state index in [0.29, 0.717) is 23.6 Å². The quantitative estimate of drug-likeness (QED) is 0.929. The molecule has 0 aromatic carbocycles. The number of hydrogen-bond donors (Lipinski definition) is 1. The van der Waals surface area contributed by atoms with Crippen LogP contribution in [0.25, 0.3) is 0 Å². The highest BCUT2D eigenvalue weighted by Gasteiger charge is 2.33. The number of hydrogen-bond acceptors (Lipinski definition) is 3. The van der Waals surface area contributed by atoms with Crippen LogP contribution in [0.5, 0.6) is 0 Å². The van der Waals surface area contributed by atoms with E-state index in [4.69, 9.17) is 0 Å². The number of fused-ring (bicyclic) bond motifs is 1. The van der Waals surface area contributed by atoms with Gasteiger partial charge in [0, 0.05) is 25.0 Å². The summed E-state index contributed by atoms with van der Waals surface area (Å²) in [7, 11) is 0. The summed E-state index contributed by atoms with van der Waals surface area (Å²) < 4.78 is 2.21. The van der Waals surface area contributed by atoms with E-state index in [9.17, 15) is 9.90 Å². The smallest absolute Gasteiger partial charge is 0.356 e. The van der Waals surface area contributed by atoms with Crippen molar-refractivity contribution in [3.05, 3.63) is 17.2 Å². The molecular weight excluding hydrogens is 266 g/mol. The molecule has 0 amide bonds. The molecule has 2 aliphatic rings. The second-order valence-electron chi connectivity index (χ2n) is 6.90. The van der Waals surface area contributed by atoms with Gasteiger partial charge in [-0.25, -0.2) is 9.78 Å². The summed E-state index contributed by atoms with van der Waals surface area (Å²) >= 11 is 0. The van der Waals surface area contributed by atoms with Gasteiger partial charge in [-0.3, -0.25) is 0 Å². The lowest BCUT2D eigenvalue weighted by Crippen LogP contribution is -2.28. The standard InChI is InChI=1S/C16H25N3O2/c1-10(2)18-7-6-12(9-18)15-17-14(16(20)21)13-5-4-11(3)8-19(13)15/h10-12H,4-9H2,1-3H3,(H,20,21). The van der Waals surface area contributed by atoms with E-state index in [1.807, 2.05) is 0 Å². The SMILES string of the molecule is CC1CCc2c(C(=O)O)nc(C3CCN(C(C)C)C3)n2C1. The van der Waals surface area contributed by atoms with Gasteiger partial charge >= 0.3 is 5.97 Å². The molecular formula is C16H25N3O2. The molecule has 2 unspecified atom stereocenters. The third kappa shape index (κ3) is 2.59. The average molecular weight is 291 g/mol. The summed E-state index contributed by atoms with van der Waals surface area (Å²) in [6.45, 7) is 9.68. The molecule has 3 heterocycles. The van der Waals surface area contributed by atoms with Gasteiger partial charge in [0.1, 0.15) is 5.82 Å². The van der Waals surface area contributed by atoms with E-state index < -0.39 is 5.97 Å². The maximum Gasteiger partial charge on any atom is 0.356 e. The van der Waals surface area contributed by atoms with Gasteiger partial charge in [-0.1, -0.05) is 6.92 Å². The Morgan fingerprint density at radius 3 is 2.71 bits per heavy atom. The van der Waals surface area contributed by atoms with Crippen LogP contribution in [0.4, 0.5) is 0 Å². The van der Waals surface area contributed by atoms with Crippen LogP contribution in [-0.2, 0) is 13.0 Å². The lowest BCUT2D eigenvalue weighted by atomic mass is 9.98. The largest absolute Gasteiger partial charge is 0.476 e. The van der Waals surface area contributed by atoms with E-state index in [1.165, 1.54) is 0 Å². The fraction of sp³-hybridized carbons (Fsp3) is 0.750. The molecule has 1 saturated heterocycles. The van der Waals surface area contributed by atoms with Crippen LogP contribution < -0.4 is 0 Å². The van der Waals surface area contributed by atoms with Gasteiger partial charge in [-0.15, -0.1) is 0 Å². The van der Waals surface area contributed by atoms with E-state index in [-0.39, 0.29) is 0 Å². The first kappa shape index (κ1) is 14.6. The average Bonchev–Trinajstić information content (AvgIpc) is 3.01. The Kier molecular flexibility index (Phi) is 3.78. The van der Waals surface area contributed by atoms with Crippen molar-refractivity contribution in [3.8, 4) is 0 Å². The van der Waals surface area contributed by atoms with Gasteiger partial charge in [0.15, 0.2) is 5.69 Å². The van der Waals surface area contributed by atoms with Gasteiger partial charge in [0.05, 0.1) is 5.69 Å². The lowest BCUT2D eigenvalue weighted by molar-refractivity contribution is 0.0689. The van der Waals surface area contributed by atoms with Crippen molar-refractivity contribution >= 4 is 5.97 Å². The second-order valence-corrected chi connectivity index (χ2v) is 6.90. The fourth-order valence-corrected chi connectivity index (χ4v) is 3.70. The van der Waals surface area contributed by atoms with Crippen molar-refractivity contribution in [1.29, 1.82) is 0 Å². The molecule has 0 radical (unpaired) electrons. The normalized spacial score (nSPS) is 26.3. The number of aromatic carboxylic acids is 1. The summed E-state index contributed by atoms with van der Waals surface area (Å²) in [6, 6.07) is 0.545. The van der Waals surface area contributed by atoms with Crippen molar-refractivity contribution in [2.75, 3.05) is 13.1 Å². The highest BCUT2D eigenvalue weighted by atomic mass is 16.4. The monoisotopic (exact) mass is 291 g/mol. The molecule has 2 aliphatic heterocycles. The van der Waals surface area contributed by atoms with Crippen molar-refractivity contribution < 1.29 is 9.90 Å². The Morgan fingerprint density at radius 2 is 2.10 bits per heavy atom. The van der Waals surface area contributed by atoms with Crippen LogP contribution in [0.1, 0.15) is 61.5 Å². The molecule has 0 bridgehead atoms. The molecule has 5 nitrogen and oxygen atoms in total. The number of likely N-dealkylation sites (tertiary alicyclic amines) is 1. The Balaban J connectivity index is 1.94. The zero-order valence-electron chi connectivity index (χ0n) is 13.2. The summed E-state index contributed by atoms with van der Waals surface area (Å²) in [5, 5.41) is 9.42. The highest BCUT2D eigenvalue weighted by molar-refractivity contribution is 5.87. The van der Waals surface area contributed by atoms with Crippen molar-refractivity contribution in [1.82, 2.24) is 14.5 Å². The van der Waals surface area contributed by atoms with Crippen molar-refractivity contribution in [2.45, 2.75) is 58.5 Å². The number of imidazole rings is 1. The summed E-state index contributed by atoms with van der Waals surface area (Å²) in [5.41, 5.74) is 1.23. The van der Waals surface area contributed by atoms with Crippen LogP contribution in [0.2, 0.25) is 0 Å². The minimum atomic E-state index is -0.877. The van der Waals surface area contributed by atoms with E-state index in [2.05, 4.69) is 35.2 Å². The molecule has 1 aromatic heterocycles. The molecule has 1 N–H and O–H groups in total. The van der Waals surface area contributed by atoms with Gasteiger partial charge < -0.3 is 14.6 Å². The molecule has 0 spiro atoms. The van der Waals surface area contributed by atoms with Gasteiger partial charge in [0.2, 0.25) is 0 Å². The summed E-state index contributed by atoms with van der Waals surface area (Å²) in [4.78, 5) is 18.5. The predicted octanol–water partition coefficient (Wildman–Crippen LogP) is 2.36. The van der Waals surface area contributed by atoms with Gasteiger partial charge in [0.25, 0.3) is 0 Å². The van der Waals surface area contributed by atoms with Crippen molar-refractivity contribution in [3.63, 3.8) is 0 Å². The molecule has 3 rings (SSSR count). The minimum Gasteiger partial charge on any atom is -0.476 e. The Hall–Kier alpha value is -1.36. The van der Waals surface area contributed by atoms with Crippen LogP contribution in [0.3, 0.4) is 0 Å². The molecule has 5 heteroatoms. The van der Waals surface area contributed by atoms with E-state index in [1.54, 1.807) is 0 Å². The maximum atomic E-state index is 11.5. The first-order chi connectivity index (χ1) is 9.97. The number of rotatable bonds is 3. The van der Waals surface area contributed by atoms with Crippen LogP contribution >= 0.6 is 0 Å². The number of nitrogens with zero attached hydrogens (tertiary/aromatic N) is 3. The Bertz CT molecular complexity index is 550. The van der Waals surface area contributed by atoms with E-state index in [0.717, 1.165) is 50.4 Å². The second kappa shape index (κ2) is 5.44. The molecule has 0 saturated carbocycles. The van der Waals surface area contributed by atoms with Crippen molar-refractivity contribution in [2.24, 2.45) is 5.92 Å². The molecule has 2 atom stereocenters. The highest BCUT2D eigenvalue weighted by Crippen LogP contribution is 2.33. The zero-order chi connectivity index (χ0) is 15.1. The number of aromatic nitrogens is 2. The van der Waals surface area contributed by atoms with Crippen LogP contribution in [0, 0.1) is 5.92 Å². The predicted molar refractivity (Wildman–Crippen MR) is 80.7 cm³/mol. The summed E-state index contributed by atoms with van der Waals surface area (Å²) in [5.74, 6) is 1.12. The number of carboxylic acid groups (broad SMARTS) is 1. The number of carbonyl (C=O) groups is 1. The Labute approximate surface area is 126 Å². The first-order valence-corrected chi connectivity index (χ1v) is 8.04. The first-order valence-electron chi connectivity index (χ1n) is 8.04. The third-order valence-corrected chi connectivity index (χ3v) is 4.99. The molecule has 21 heavy (non-hydrogen) atoms. The lowest BCUT2D eigenvalue weighted by Gasteiger charge is -2.25. The Morgan fingerprint density at radius 1 is 1.33 bits per heavy atom. The van der Waals surface area contributed by atoms with Gasteiger partial charge in [-0.05, 0) is 45.6 Å². The molecule has 1 aromatic rings. The minimum absolute atomic E-state index is 0.292. The van der Waals surface area contributed by atoms with E-state index >= 15 is 0 Å². The number of carboxylic acids is 1. The summed E-state index contributed by atoms with van der Waals surface area (Å²) in [6.07, 6.45) is 2.99.